The van der Waals surface area contributed by atoms with Gasteiger partial charge in [-0.25, -0.2) is 0 Å². The molecule has 5 nitrogen and oxygen atoms in total. The monoisotopic (exact) mass is 322 g/mol. The summed E-state index contributed by atoms with van der Waals surface area (Å²) < 4.78 is 6.97. The molecule has 0 aliphatic heterocycles. The molecule has 5 heteroatoms. The van der Waals surface area contributed by atoms with Gasteiger partial charge < -0.3 is 14.6 Å². The number of amides is 1. The Bertz CT molecular complexity index is 511. The van der Waals surface area contributed by atoms with Crippen LogP contribution in [0.4, 0.5) is 0 Å². The van der Waals surface area contributed by atoms with Crippen LogP contribution < -0.4 is 10.9 Å². The van der Waals surface area contributed by atoms with Crippen molar-refractivity contribution in [2.75, 3.05) is 19.8 Å². The molecule has 0 spiro atoms. The molecule has 130 valence electrons. The number of carbonyl (C=O) groups excluding carboxylic acids is 1. The van der Waals surface area contributed by atoms with Gasteiger partial charge in [-0.3, -0.25) is 9.59 Å². The molecule has 0 unspecified atom stereocenters. The number of hydrogen-bond acceptors (Lipinski definition) is 3. The number of pyridine rings is 1. The summed E-state index contributed by atoms with van der Waals surface area (Å²) in [7, 11) is 1.63. The second-order valence-corrected chi connectivity index (χ2v) is 5.86. The Morgan fingerprint density at radius 1 is 1.09 bits per heavy atom. The molecule has 1 amide bonds. The van der Waals surface area contributed by atoms with Crippen LogP contribution in [0, 0.1) is 0 Å². The quantitative estimate of drug-likeness (QED) is 0.602. The van der Waals surface area contributed by atoms with E-state index in [1.54, 1.807) is 19.3 Å². The molecule has 1 rings (SSSR count). The van der Waals surface area contributed by atoms with E-state index < -0.39 is 0 Å². The van der Waals surface area contributed by atoms with Crippen molar-refractivity contribution < 1.29 is 9.53 Å². The molecule has 1 N–H and O–H groups in total. The van der Waals surface area contributed by atoms with E-state index in [-0.39, 0.29) is 11.5 Å². The van der Waals surface area contributed by atoms with Gasteiger partial charge in [-0.05, 0) is 18.9 Å². The minimum Gasteiger partial charge on any atom is -0.381 e. The lowest BCUT2D eigenvalue weighted by molar-refractivity contribution is 0.0939. The van der Waals surface area contributed by atoms with E-state index in [4.69, 9.17) is 4.74 Å². The highest BCUT2D eigenvalue weighted by molar-refractivity contribution is 5.93. The zero-order valence-corrected chi connectivity index (χ0v) is 14.5. The van der Waals surface area contributed by atoms with E-state index in [0.717, 1.165) is 19.4 Å². The fourth-order valence-electron chi connectivity index (χ4n) is 2.29. The summed E-state index contributed by atoms with van der Waals surface area (Å²) in [6.07, 6.45) is 9.94. The van der Waals surface area contributed by atoms with Crippen molar-refractivity contribution in [2.45, 2.75) is 51.9 Å². The largest absolute Gasteiger partial charge is 0.381 e. The summed E-state index contributed by atoms with van der Waals surface area (Å²) in [6.45, 7) is 4.28. The fraction of sp³-hybridized carbons (Fsp3) is 0.667. The number of aromatic nitrogens is 1. The normalized spacial score (nSPS) is 10.7. The smallest absolute Gasteiger partial charge is 0.252 e. The average Bonchev–Trinajstić information content (AvgIpc) is 2.55. The van der Waals surface area contributed by atoms with Gasteiger partial charge >= 0.3 is 0 Å². The number of nitrogens with one attached hydrogen (secondary N) is 1. The summed E-state index contributed by atoms with van der Waals surface area (Å²) in [5.74, 6) is -0.156. The van der Waals surface area contributed by atoms with Crippen LogP contribution in [-0.2, 0) is 11.8 Å². The van der Waals surface area contributed by atoms with Gasteiger partial charge in [0.1, 0.15) is 0 Å². The van der Waals surface area contributed by atoms with Crippen molar-refractivity contribution >= 4 is 5.91 Å². The standard InChI is InChI=1S/C18H30N2O3/c1-3-4-5-6-7-8-13-23-14-9-12-19-18(22)16-10-11-17(21)20(2)15-16/h10-11,15H,3-9,12-14H2,1-2H3,(H,19,22). The Morgan fingerprint density at radius 2 is 1.78 bits per heavy atom. The highest BCUT2D eigenvalue weighted by Crippen LogP contribution is 2.04. The number of ether oxygens (including phenoxy) is 1. The zero-order valence-electron chi connectivity index (χ0n) is 14.5. The van der Waals surface area contributed by atoms with Gasteiger partial charge in [-0.2, -0.15) is 0 Å². The van der Waals surface area contributed by atoms with Crippen LogP contribution in [-0.4, -0.2) is 30.2 Å². The van der Waals surface area contributed by atoms with E-state index in [1.165, 1.54) is 42.7 Å². The van der Waals surface area contributed by atoms with Crippen LogP contribution in [0.5, 0.6) is 0 Å². The van der Waals surface area contributed by atoms with Crippen LogP contribution >= 0.6 is 0 Å². The Kier molecular flexibility index (Phi) is 10.0. The molecule has 1 heterocycles. The van der Waals surface area contributed by atoms with Crippen molar-refractivity contribution in [1.82, 2.24) is 9.88 Å². The lowest BCUT2D eigenvalue weighted by Gasteiger charge is -2.07. The van der Waals surface area contributed by atoms with Gasteiger partial charge in [0.2, 0.25) is 5.56 Å². The molecule has 0 radical (unpaired) electrons. The van der Waals surface area contributed by atoms with Gasteiger partial charge in [0.15, 0.2) is 0 Å². The van der Waals surface area contributed by atoms with E-state index in [1.807, 2.05) is 0 Å². The first kappa shape index (κ1) is 19.4. The minimum atomic E-state index is -0.156. The Morgan fingerprint density at radius 3 is 2.52 bits per heavy atom. The molecule has 0 saturated carbocycles. The van der Waals surface area contributed by atoms with E-state index in [0.29, 0.717) is 18.7 Å². The van der Waals surface area contributed by atoms with Gasteiger partial charge in [-0.15, -0.1) is 0 Å². The minimum absolute atomic E-state index is 0.121. The molecule has 0 atom stereocenters. The Balaban J connectivity index is 2.01. The van der Waals surface area contributed by atoms with Crippen LogP contribution in [0.3, 0.4) is 0 Å². The lowest BCUT2D eigenvalue weighted by atomic mass is 10.1. The average molecular weight is 322 g/mol. The number of rotatable bonds is 12. The van der Waals surface area contributed by atoms with Crippen LogP contribution in [0.15, 0.2) is 23.1 Å². The summed E-state index contributed by atoms with van der Waals surface area (Å²) in [5, 5.41) is 2.84. The maximum atomic E-state index is 11.9. The van der Waals surface area contributed by atoms with Crippen LogP contribution in [0.1, 0.15) is 62.2 Å². The highest BCUT2D eigenvalue weighted by atomic mass is 16.5. The molecular formula is C18H30N2O3. The molecule has 0 fully saturated rings. The van der Waals surface area contributed by atoms with Crippen molar-refractivity contribution in [3.63, 3.8) is 0 Å². The number of carbonyl (C=O) groups is 1. The van der Waals surface area contributed by atoms with Crippen molar-refractivity contribution in [3.8, 4) is 0 Å². The summed E-state index contributed by atoms with van der Waals surface area (Å²) >= 11 is 0. The van der Waals surface area contributed by atoms with Gasteiger partial charge in [0.05, 0.1) is 5.56 Å². The van der Waals surface area contributed by atoms with E-state index >= 15 is 0 Å². The highest BCUT2D eigenvalue weighted by Gasteiger charge is 2.05. The number of nitrogens with zero attached hydrogens (tertiary/aromatic N) is 1. The van der Waals surface area contributed by atoms with Gasteiger partial charge in [0.25, 0.3) is 5.91 Å². The van der Waals surface area contributed by atoms with E-state index in [9.17, 15) is 9.59 Å². The maximum absolute atomic E-state index is 11.9. The van der Waals surface area contributed by atoms with Crippen LogP contribution in [0.25, 0.3) is 0 Å². The van der Waals surface area contributed by atoms with Crippen molar-refractivity contribution in [1.29, 1.82) is 0 Å². The molecule has 23 heavy (non-hydrogen) atoms. The number of hydrogen-bond donors (Lipinski definition) is 1. The lowest BCUT2D eigenvalue weighted by Crippen LogP contribution is -2.27. The SMILES string of the molecule is CCCCCCCCOCCCNC(=O)c1ccc(=O)n(C)c1. The third-order valence-corrected chi connectivity index (χ3v) is 3.74. The fourth-order valence-corrected chi connectivity index (χ4v) is 2.29. The first-order valence-corrected chi connectivity index (χ1v) is 8.67. The summed E-state index contributed by atoms with van der Waals surface area (Å²) in [5.41, 5.74) is 0.379. The van der Waals surface area contributed by atoms with Gasteiger partial charge in [0, 0.05) is 39.1 Å². The molecule has 1 aromatic rings. The molecule has 0 bridgehead atoms. The summed E-state index contributed by atoms with van der Waals surface area (Å²) in [6, 6.07) is 2.95. The van der Waals surface area contributed by atoms with Crippen molar-refractivity contribution in [3.05, 3.63) is 34.2 Å². The Hall–Kier alpha value is -1.62. The molecule has 0 aliphatic carbocycles. The second-order valence-electron chi connectivity index (χ2n) is 5.86. The molecule has 0 saturated heterocycles. The predicted molar refractivity (Wildman–Crippen MR) is 92.8 cm³/mol. The zero-order chi connectivity index (χ0) is 16.9. The third-order valence-electron chi connectivity index (χ3n) is 3.74. The molecular weight excluding hydrogens is 292 g/mol. The van der Waals surface area contributed by atoms with Crippen molar-refractivity contribution in [2.24, 2.45) is 7.05 Å². The Labute approximate surface area is 139 Å². The predicted octanol–water partition coefficient (Wildman–Crippen LogP) is 2.88. The summed E-state index contributed by atoms with van der Waals surface area (Å²) in [4.78, 5) is 23.2. The first-order chi connectivity index (χ1) is 11.1. The molecule has 0 aliphatic rings. The number of aryl methyl sites for hydroxylation is 1. The first-order valence-electron chi connectivity index (χ1n) is 8.67. The maximum Gasteiger partial charge on any atom is 0.252 e. The molecule has 0 aromatic carbocycles. The van der Waals surface area contributed by atoms with Gasteiger partial charge in [-0.1, -0.05) is 39.0 Å². The third kappa shape index (κ3) is 8.55. The topological polar surface area (TPSA) is 60.3 Å². The van der Waals surface area contributed by atoms with Crippen LogP contribution in [0.2, 0.25) is 0 Å². The molecule has 1 aromatic heterocycles. The van der Waals surface area contributed by atoms with E-state index in [2.05, 4.69) is 12.2 Å². The number of unbranched alkanes of at least 4 members (excludes halogenated alkanes) is 5. The second kappa shape index (κ2) is 11.9.